The molecule has 0 spiro atoms. The topological polar surface area (TPSA) is 115 Å². The largest absolute Gasteiger partial charge is 0.435 e. The molecule has 8 nitrogen and oxygen atoms in total. The number of pyridine rings is 1. The van der Waals surface area contributed by atoms with Crippen molar-refractivity contribution in [3.8, 4) is 22.9 Å². The van der Waals surface area contributed by atoms with E-state index in [2.05, 4.69) is 10.3 Å². The maximum Gasteiger partial charge on any atom is 0.318 e. The maximum absolute atomic E-state index is 14.9. The Hall–Kier alpha value is -4.27. The van der Waals surface area contributed by atoms with Crippen LogP contribution >= 0.6 is 0 Å². The predicted molar refractivity (Wildman–Crippen MR) is 139 cm³/mol. The first kappa shape index (κ1) is 25.4. The van der Waals surface area contributed by atoms with Gasteiger partial charge in [0, 0.05) is 41.3 Å². The third-order valence-corrected chi connectivity index (χ3v) is 7.32. The lowest BCUT2D eigenvalue weighted by Crippen LogP contribution is -2.46. The van der Waals surface area contributed by atoms with Crippen LogP contribution in [0.2, 0.25) is 0 Å². The minimum Gasteiger partial charge on any atom is -0.435 e. The fourth-order valence-corrected chi connectivity index (χ4v) is 5.28. The summed E-state index contributed by atoms with van der Waals surface area (Å²) in [6.07, 6.45) is 3.19. The van der Waals surface area contributed by atoms with Crippen LogP contribution in [0.15, 0.2) is 54.6 Å². The smallest absolute Gasteiger partial charge is 0.318 e. The number of nitrogens with one attached hydrogen (secondary N) is 1. The highest BCUT2D eigenvalue weighted by molar-refractivity contribution is 5.97. The van der Waals surface area contributed by atoms with Gasteiger partial charge in [-0.25, -0.2) is 14.2 Å². The molecular weight excluding hydrogens is 487 g/mol. The van der Waals surface area contributed by atoms with E-state index in [1.807, 2.05) is 17.0 Å². The third kappa shape index (κ3) is 4.60. The number of hydrogen-bond donors (Lipinski definition) is 2. The van der Waals surface area contributed by atoms with Gasteiger partial charge in [0.2, 0.25) is 11.8 Å². The van der Waals surface area contributed by atoms with Gasteiger partial charge in [0.05, 0.1) is 11.1 Å². The number of amides is 4. The van der Waals surface area contributed by atoms with E-state index in [9.17, 15) is 18.8 Å². The molecule has 0 bridgehead atoms. The second-order valence-electron chi connectivity index (χ2n) is 10.3. The Morgan fingerprint density at radius 3 is 2.39 bits per heavy atom. The zero-order valence-electron chi connectivity index (χ0n) is 21.3. The van der Waals surface area contributed by atoms with E-state index in [-0.39, 0.29) is 17.5 Å². The van der Waals surface area contributed by atoms with E-state index in [1.165, 1.54) is 6.07 Å². The molecular formula is C29H29FN4O4. The van der Waals surface area contributed by atoms with Gasteiger partial charge in [-0.05, 0) is 43.5 Å². The number of hydrogen-bond acceptors (Lipinski definition) is 5. The number of carbonyl (C=O) groups excluding carboxylic acids is 3. The molecule has 2 aromatic carbocycles. The van der Waals surface area contributed by atoms with Gasteiger partial charge in [0.1, 0.15) is 0 Å². The quantitative estimate of drug-likeness (QED) is 0.508. The first-order chi connectivity index (χ1) is 18.2. The first-order valence-corrected chi connectivity index (χ1v) is 12.6. The predicted octanol–water partition coefficient (Wildman–Crippen LogP) is 4.97. The van der Waals surface area contributed by atoms with Crippen molar-refractivity contribution in [2.24, 2.45) is 11.1 Å². The highest BCUT2D eigenvalue weighted by atomic mass is 19.1. The van der Waals surface area contributed by atoms with Crippen LogP contribution in [0.1, 0.15) is 60.5 Å². The Morgan fingerprint density at radius 2 is 1.71 bits per heavy atom. The number of aromatic nitrogens is 1. The molecule has 0 unspecified atom stereocenters. The summed E-state index contributed by atoms with van der Waals surface area (Å²) >= 11 is 0. The number of para-hydroxylation sites is 1. The minimum absolute atomic E-state index is 0.0166. The molecule has 1 saturated heterocycles. The summed E-state index contributed by atoms with van der Waals surface area (Å²) in [6.45, 7) is 4.87. The maximum atomic E-state index is 14.9. The fourth-order valence-electron chi connectivity index (χ4n) is 5.28. The van der Waals surface area contributed by atoms with Gasteiger partial charge < -0.3 is 15.4 Å². The highest BCUT2D eigenvalue weighted by Crippen LogP contribution is 2.52. The number of piperidine rings is 1. The van der Waals surface area contributed by atoms with Gasteiger partial charge in [-0.3, -0.25) is 14.9 Å². The standard InChI is InChI=1S/C29H29FN4O4/c1-29(2,27(36)33-28(31)37)23-19-7-6-8-21(30)24(19)38-25-20(23)13-14-22(32-25)17-9-11-18(12-10-17)26(35)34-15-4-3-5-16-34/h6-14,23H,3-5,15-16H2,1-2H3,(H3,31,33,36,37)/t23-/m0/s1. The Kier molecular flexibility index (Phi) is 6.60. The second-order valence-corrected chi connectivity index (χ2v) is 10.3. The van der Waals surface area contributed by atoms with Gasteiger partial charge in [-0.15, -0.1) is 0 Å². The summed E-state index contributed by atoms with van der Waals surface area (Å²) in [7, 11) is 0. The molecule has 9 heteroatoms. The van der Waals surface area contributed by atoms with Gasteiger partial charge in [0.15, 0.2) is 11.6 Å². The Balaban J connectivity index is 1.50. The number of nitrogens with two attached hydrogens (primary N) is 1. The SMILES string of the molecule is CC(C)(C(=O)NC(N)=O)[C@@H]1c2ccc(-c3ccc(C(=O)N4CCCCC4)cc3)nc2Oc2c(F)cccc21. The number of likely N-dealkylation sites (tertiary alicyclic amines) is 1. The number of fused-ring (bicyclic) bond motifs is 2. The monoisotopic (exact) mass is 516 g/mol. The molecule has 2 aliphatic heterocycles. The second kappa shape index (κ2) is 9.89. The number of urea groups is 1. The number of ether oxygens (including phenoxy) is 1. The molecule has 1 fully saturated rings. The van der Waals surface area contributed by atoms with Crippen molar-refractivity contribution in [1.82, 2.24) is 15.2 Å². The molecule has 3 heterocycles. The number of carbonyl (C=O) groups is 3. The van der Waals surface area contributed by atoms with Crippen LogP contribution < -0.4 is 15.8 Å². The van der Waals surface area contributed by atoms with Crippen LogP contribution in [-0.2, 0) is 4.79 Å². The summed E-state index contributed by atoms with van der Waals surface area (Å²) in [4.78, 5) is 43.8. The normalized spacial score (nSPS) is 16.6. The van der Waals surface area contributed by atoms with E-state index in [4.69, 9.17) is 10.5 Å². The summed E-state index contributed by atoms with van der Waals surface area (Å²) in [5.74, 6) is -1.68. The fraction of sp³-hybridized carbons (Fsp3) is 0.310. The average Bonchev–Trinajstić information content (AvgIpc) is 2.91. The molecule has 38 heavy (non-hydrogen) atoms. The lowest BCUT2D eigenvalue weighted by Gasteiger charge is -2.37. The number of benzene rings is 2. The first-order valence-electron chi connectivity index (χ1n) is 12.6. The number of rotatable bonds is 4. The molecule has 0 aliphatic carbocycles. The van der Waals surface area contributed by atoms with Crippen LogP contribution in [0.3, 0.4) is 0 Å². The van der Waals surface area contributed by atoms with Crippen molar-refractivity contribution in [3.05, 3.63) is 77.1 Å². The Bertz CT molecular complexity index is 1410. The van der Waals surface area contributed by atoms with E-state index in [0.29, 0.717) is 22.4 Å². The zero-order chi connectivity index (χ0) is 27.0. The van der Waals surface area contributed by atoms with E-state index >= 15 is 0 Å². The van der Waals surface area contributed by atoms with Crippen molar-refractivity contribution in [2.75, 3.05) is 13.1 Å². The van der Waals surface area contributed by atoms with Gasteiger partial charge in [0.25, 0.3) is 5.91 Å². The molecule has 0 saturated carbocycles. The van der Waals surface area contributed by atoms with Gasteiger partial charge >= 0.3 is 6.03 Å². The molecule has 1 aromatic heterocycles. The van der Waals surface area contributed by atoms with E-state index in [1.54, 1.807) is 50.2 Å². The summed E-state index contributed by atoms with van der Waals surface area (Å²) in [5, 5.41) is 2.15. The summed E-state index contributed by atoms with van der Waals surface area (Å²) < 4.78 is 20.8. The number of nitrogens with zero attached hydrogens (tertiary/aromatic N) is 2. The Morgan fingerprint density at radius 1 is 1.00 bits per heavy atom. The van der Waals surface area contributed by atoms with Crippen LogP contribution in [0.4, 0.5) is 9.18 Å². The van der Waals surface area contributed by atoms with Crippen molar-refractivity contribution in [1.29, 1.82) is 0 Å². The van der Waals surface area contributed by atoms with Gasteiger partial charge in [-0.2, -0.15) is 0 Å². The third-order valence-electron chi connectivity index (χ3n) is 7.32. The van der Waals surface area contributed by atoms with Crippen molar-refractivity contribution >= 4 is 17.8 Å². The summed E-state index contributed by atoms with van der Waals surface area (Å²) in [5.41, 5.74) is 6.99. The van der Waals surface area contributed by atoms with Crippen molar-refractivity contribution in [3.63, 3.8) is 0 Å². The van der Waals surface area contributed by atoms with Crippen LogP contribution in [-0.4, -0.2) is 40.8 Å². The molecule has 5 rings (SSSR count). The van der Waals surface area contributed by atoms with Crippen molar-refractivity contribution < 1.29 is 23.5 Å². The van der Waals surface area contributed by atoms with Crippen LogP contribution in [0.25, 0.3) is 11.3 Å². The molecule has 3 N–H and O–H groups in total. The molecule has 0 radical (unpaired) electrons. The Labute approximate surface area is 220 Å². The zero-order valence-corrected chi connectivity index (χ0v) is 21.3. The summed E-state index contributed by atoms with van der Waals surface area (Å²) in [6, 6.07) is 14.3. The number of imide groups is 1. The molecule has 3 aromatic rings. The lowest BCUT2D eigenvalue weighted by molar-refractivity contribution is -0.128. The number of primary amides is 1. The van der Waals surface area contributed by atoms with Gasteiger partial charge in [-0.1, -0.05) is 44.2 Å². The molecule has 196 valence electrons. The van der Waals surface area contributed by atoms with Crippen LogP contribution in [0.5, 0.6) is 11.6 Å². The molecule has 1 atom stereocenters. The van der Waals surface area contributed by atoms with Crippen LogP contribution in [0, 0.1) is 11.2 Å². The van der Waals surface area contributed by atoms with Crippen molar-refractivity contribution in [2.45, 2.75) is 39.0 Å². The van der Waals surface area contributed by atoms with E-state index in [0.717, 1.165) is 37.9 Å². The molecule has 4 amide bonds. The molecule has 2 aliphatic rings. The van der Waals surface area contributed by atoms with E-state index < -0.39 is 29.1 Å². The minimum atomic E-state index is -1.20. The average molecular weight is 517 g/mol. The highest BCUT2D eigenvalue weighted by Gasteiger charge is 2.45. The number of halogens is 1. The lowest BCUT2D eigenvalue weighted by atomic mass is 9.69.